The van der Waals surface area contributed by atoms with E-state index in [0.29, 0.717) is 18.1 Å². The van der Waals surface area contributed by atoms with Gasteiger partial charge in [-0.05, 0) is 60.9 Å². The molecule has 1 heterocycles. The third-order valence-electron chi connectivity index (χ3n) is 5.16. The molecule has 0 aromatic heterocycles. The van der Waals surface area contributed by atoms with Crippen molar-refractivity contribution in [1.29, 1.82) is 5.26 Å². The summed E-state index contributed by atoms with van der Waals surface area (Å²) in [5.41, 5.74) is 10.00. The molecule has 0 amide bonds. The fourth-order valence-corrected chi connectivity index (χ4v) is 3.53. The lowest BCUT2D eigenvalue weighted by Gasteiger charge is -2.31. The first-order valence-corrected chi connectivity index (χ1v) is 9.47. The second kappa shape index (κ2) is 9.40. The number of hydroxylamine groups is 2. The summed E-state index contributed by atoms with van der Waals surface area (Å²) in [7, 11) is 1.66. The van der Waals surface area contributed by atoms with E-state index in [1.807, 2.05) is 36.4 Å². The maximum absolute atomic E-state index is 8.96. The number of piperidine rings is 1. The molecule has 27 heavy (non-hydrogen) atoms. The Morgan fingerprint density at radius 3 is 2.70 bits per heavy atom. The first-order chi connectivity index (χ1) is 13.2. The minimum atomic E-state index is 0.632. The third kappa shape index (κ3) is 5.46. The molecule has 0 bridgehead atoms. The van der Waals surface area contributed by atoms with Crippen molar-refractivity contribution in [2.75, 3.05) is 32.5 Å². The Hall–Kier alpha value is -2.55. The Morgan fingerprint density at radius 1 is 1.19 bits per heavy atom. The first kappa shape index (κ1) is 19.2. The van der Waals surface area contributed by atoms with E-state index in [9.17, 15) is 0 Å². The van der Waals surface area contributed by atoms with Gasteiger partial charge in [-0.1, -0.05) is 18.2 Å². The summed E-state index contributed by atoms with van der Waals surface area (Å²) in [5, 5.41) is 11.0. The van der Waals surface area contributed by atoms with Gasteiger partial charge in [-0.2, -0.15) is 10.3 Å². The van der Waals surface area contributed by atoms with Crippen LogP contribution >= 0.6 is 0 Å². The fraction of sp³-hybridized carbons (Fsp3) is 0.409. The van der Waals surface area contributed by atoms with Gasteiger partial charge in [0.05, 0.1) is 25.3 Å². The highest BCUT2D eigenvalue weighted by Crippen LogP contribution is 2.27. The third-order valence-corrected chi connectivity index (χ3v) is 5.16. The van der Waals surface area contributed by atoms with E-state index in [1.165, 1.54) is 5.56 Å². The number of nitrogens with two attached hydrogens (primary N) is 1. The first-order valence-electron chi connectivity index (χ1n) is 9.47. The van der Waals surface area contributed by atoms with Crippen LogP contribution in [0.3, 0.4) is 0 Å². The van der Waals surface area contributed by atoms with Gasteiger partial charge in [0, 0.05) is 24.8 Å². The van der Waals surface area contributed by atoms with Gasteiger partial charge < -0.3 is 10.5 Å². The maximum atomic E-state index is 8.96. The minimum Gasteiger partial charge on any atom is -0.497 e. The average molecular weight is 365 g/mol. The smallest absolute Gasteiger partial charge is 0.120 e. The number of methoxy groups -OCH3 is 1. The second-order valence-electron chi connectivity index (χ2n) is 7.04. The highest BCUT2D eigenvalue weighted by Gasteiger charge is 2.20. The lowest BCUT2D eigenvalue weighted by atomic mass is 9.90. The van der Waals surface area contributed by atoms with Crippen LogP contribution in [0.1, 0.15) is 29.5 Å². The Labute approximate surface area is 161 Å². The molecule has 2 aromatic carbocycles. The van der Waals surface area contributed by atoms with Crippen LogP contribution in [0.2, 0.25) is 0 Å². The molecule has 0 atom stereocenters. The van der Waals surface area contributed by atoms with Gasteiger partial charge in [0.1, 0.15) is 5.75 Å². The van der Waals surface area contributed by atoms with Gasteiger partial charge >= 0.3 is 0 Å². The molecule has 2 aromatic rings. The van der Waals surface area contributed by atoms with Gasteiger partial charge in [-0.15, -0.1) is 0 Å². The molecule has 5 nitrogen and oxygen atoms in total. The number of anilines is 1. The predicted octanol–water partition coefficient (Wildman–Crippen LogP) is 3.58. The second-order valence-corrected chi connectivity index (χ2v) is 7.04. The maximum Gasteiger partial charge on any atom is 0.120 e. The van der Waals surface area contributed by atoms with Crippen molar-refractivity contribution in [2.24, 2.45) is 5.92 Å². The standard InChI is InChI=1S/C22H27N3O2/c1-26-21-6-5-20(22(24)15-21)14-18-7-10-25(11-8-18)27-12-9-17-3-2-4-19(13-17)16-23/h2-6,13,15,18H,7-12,14,24H2,1H3. The Kier molecular flexibility index (Phi) is 6.69. The van der Waals surface area contributed by atoms with Crippen LogP contribution in [0.5, 0.6) is 5.75 Å². The van der Waals surface area contributed by atoms with Crippen LogP contribution in [0.15, 0.2) is 42.5 Å². The summed E-state index contributed by atoms with van der Waals surface area (Å²) < 4.78 is 5.22. The zero-order chi connectivity index (χ0) is 19.1. The number of nitrogen functional groups attached to an aromatic ring is 1. The number of nitriles is 1. The van der Waals surface area contributed by atoms with E-state index in [2.05, 4.69) is 17.2 Å². The molecule has 0 unspecified atom stereocenters. The highest BCUT2D eigenvalue weighted by molar-refractivity contribution is 5.51. The van der Waals surface area contributed by atoms with Gasteiger partial charge in [-0.3, -0.25) is 4.84 Å². The molecule has 3 rings (SSSR count). The van der Waals surface area contributed by atoms with Crippen molar-refractivity contribution < 1.29 is 9.57 Å². The van der Waals surface area contributed by atoms with Crippen LogP contribution in [0.4, 0.5) is 5.69 Å². The quantitative estimate of drug-likeness (QED) is 0.760. The van der Waals surface area contributed by atoms with E-state index < -0.39 is 0 Å². The molecule has 1 aliphatic heterocycles. The van der Waals surface area contributed by atoms with Crippen molar-refractivity contribution in [3.63, 3.8) is 0 Å². The molecular weight excluding hydrogens is 338 g/mol. The number of rotatable bonds is 7. The van der Waals surface area contributed by atoms with Crippen LogP contribution in [-0.2, 0) is 17.7 Å². The molecule has 142 valence electrons. The van der Waals surface area contributed by atoms with Gasteiger partial charge in [0.2, 0.25) is 0 Å². The lowest BCUT2D eigenvalue weighted by Crippen LogP contribution is -2.35. The Balaban J connectivity index is 1.40. The van der Waals surface area contributed by atoms with Gasteiger partial charge in [-0.25, -0.2) is 0 Å². The summed E-state index contributed by atoms with van der Waals surface area (Å²) in [5.74, 6) is 1.44. The minimum absolute atomic E-state index is 0.632. The highest BCUT2D eigenvalue weighted by atomic mass is 16.7. The lowest BCUT2D eigenvalue weighted by molar-refractivity contribution is -0.173. The molecule has 0 radical (unpaired) electrons. The zero-order valence-corrected chi connectivity index (χ0v) is 15.9. The zero-order valence-electron chi connectivity index (χ0n) is 15.9. The molecule has 1 fully saturated rings. The average Bonchev–Trinajstić information content (AvgIpc) is 2.71. The number of benzene rings is 2. The molecule has 0 aliphatic carbocycles. The van der Waals surface area contributed by atoms with Crippen molar-refractivity contribution in [3.8, 4) is 11.8 Å². The molecule has 5 heteroatoms. The summed E-state index contributed by atoms with van der Waals surface area (Å²) >= 11 is 0. The van der Waals surface area contributed by atoms with Crippen LogP contribution in [-0.4, -0.2) is 31.9 Å². The van der Waals surface area contributed by atoms with Crippen LogP contribution in [0, 0.1) is 17.2 Å². The largest absolute Gasteiger partial charge is 0.497 e. The van der Waals surface area contributed by atoms with Gasteiger partial charge in [0.25, 0.3) is 0 Å². The number of hydrogen-bond donors (Lipinski definition) is 1. The molecular formula is C22H27N3O2. The number of hydrogen-bond acceptors (Lipinski definition) is 5. The Bertz CT molecular complexity index is 792. The van der Waals surface area contributed by atoms with E-state index >= 15 is 0 Å². The van der Waals surface area contributed by atoms with E-state index in [0.717, 1.165) is 55.8 Å². The molecule has 1 saturated heterocycles. The molecule has 0 spiro atoms. The van der Waals surface area contributed by atoms with Gasteiger partial charge in [0.15, 0.2) is 0 Å². The van der Waals surface area contributed by atoms with Crippen LogP contribution in [0.25, 0.3) is 0 Å². The topological polar surface area (TPSA) is 71.5 Å². The van der Waals surface area contributed by atoms with E-state index in [4.69, 9.17) is 20.6 Å². The normalized spacial score (nSPS) is 15.4. The van der Waals surface area contributed by atoms with Crippen molar-refractivity contribution >= 4 is 5.69 Å². The van der Waals surface area contributed by atoms with Crippen LogP contribution < -0.4 is 10.5 Å². The Morgan fingerprint density at radius 2 is 2.00 bits per heavy atom. The van der Waals surface area contributed by atoms with Crippen molar-refractivity contribution in [3.05, 3.63) is 59.2 Å². The summed E-state index contributed by atoms with van der Waals surface area (Å²) in [6.07, 6.45) is 4.03. The SMILES string of the molecule is COc1ccc(CC2CCN(OCCc3cccc(C#N)c3)CC2)c(N)c1. The van der Waals surface area contributed by atoms with Crippen molar-refractivity contribution in [1.82, 2.24) is 5.06 Å². The predicted molar refractivity (Wildman–Crippen MR) is 106 cm³/mol. The molecule has 2 N–H and O–H groups in total. The van der Waals surface area contributed by atoms with Crippen molar-refractivity contribution in [2.45, 2.75) is 25.7 Å². The van der Waals surface area contributed by atoms with E-state index in [1.54, 1.807) is 7.11 Å². The number of nitrogens with zero attached hydrogens (tertiary/aromatic N) is 2. The summed E-state index contributed by atoms with van der Waals surface area (Å²) in [6, 6.07) is 15.8. The summed E-state index contributed by atoms with van der Waals surface area (Å²) in [4.78, 5) is 5.92. The van der Waals surface area contributed by atoms with E-state index in [-0.39, 0.29) is 0 Å². The molecule has 0 saturated carbocycles. The fourth-order valence-electron chi connectivity index (χ4n) is 3.53. The molecule has 1 aliphatic rings. The monoisotopic (exact) mass is 365 g/mol. The number of ether oxygens (including phenoxy) is 1. The summed E-state index contributed by atoms with van der Waals surface area (Å²) in [6.45, 7) is 2.53.